The van der Waals surface area contributed by atoms with E-state index in [-0.39, 0.29) is 18.6 Å². The average molecular weight is 278 g/mol. The van der Waals surface area contributed by atoms with Crippen LogP contribution in [0.4, 0.5) is 0 Å². The predicted molar refractivity (Wildman–Crippen MR) is 75.3 cm³/mol. The minimum atomic E-state index is -0.543. The summed E-state index contributed by atoms with van der Waals surface area (Å²) < 4.78 is 5.56. The van der Waals surface area contributed by atoms with Crippen molar-refractivity contribution in [3.05, 3.63) is 24.0 Å². The van der Waals surface area contributed by atoms with Crippen molar-refractivity contribution in [2.45, 2.75) is 57.8 Å². The minimum Gasteiger partial charge on any atom is -0.479 e. The van der Waals surface area contributed by atoms with E-state index in [9.17, 15) is 4.79 Å². The van der Waals surface area contributed by atoms with Gasteiger partial charge in [-0.2, -0.15) is 0 Å². The first-order chi connectivity index (χ1) is 9.69. The number of aliphatic hydroxyl groups is 1. The van der Waals surface area contributed by atoms with Gasteiger partial charge in [-0.15, -0.1) is 0 Å². The molecule has 1 heterocycles. The Labute approximate surface area is 119 Å². The van der Waals surface area contributed by atoms with Crippen molar-refractivity contribution in [1.29, 1.82) is 0 Å². The molecule has 5 nitrogen and oxygen atoms in total. The molecule has 1 fully saturated rings. The van der Waals surface area contributed by atoms with E-state index in [0.29, 0.717) is 11.4 Å². The van der Waals surface area contributed by atoms with E-state index in [1.54, 1.807) is 19.1 Å². The summed E-state index contributed by atoms with van der Waals surface area (Å²) in [5.41, 5.74) is 0.580. The highest BCUT2D eigenvalue weighted by Gasteiger charge is 2.20. The van der Waals surface area contributed by atoms with Gasteiger partial charge < -0.3 is 15.2 Å². The molecule has 1 aromatic heterocycles. The molecule has 2 N–H and O–H groups in total. The number of hydrogen-bond acceptors (Lipinski definition) is 4. The molecule has 0 bridgehead atoms. The third kappa shape index (κ3) is 4.20. The van der Waals surface area contributed by atoms with E-state index < -0.39 is 6.10 Å². The zero-order valence-electron chi connectivity index (χ0n) is 11.8. The summed E-state index contributed by atoms with van der Waals surface area (Å²) in [6, 6.07) is 3.68. The Morgan fingerprint density at radius 1 is 1.45 bits per heavy atom. The standard InChI is InChI=1S/C15H22N2O3/c1-11(15(19)17-12-5-3-2-4-6-12)20-14-8-7-13(10-18)16-9-14/h7-9,11-12,18H,2-6,10H2,1H3,(H,17,19). The lowest BCUT2D eigenvalue weighted by molar-refractivity contribution is -0.128. The number of nitrogens with one attached hydrogen (secondary N) is 1. The fourth-order valence-electron chi connectivity index (χ4n) is 2.40. The van der Waals surface area contributed by atoms with Gasteiger partial charge in [0.05, 0.1) is 18.5 Å². The minimum absolute atomic E-state index is 0.0804. The molecule has 1 aliphatic carbocycles. The van der Waals surface area contributed by atoms with Gasteiger partial charge in [-0.3, -0.25) is 9.78 Å². The quantitative estimate of drug-likeness (QED) is 0.861. The van der Waals surface area contributed by atoms with Gasteiger partial charge in [0, 0.05) is 6.04 Å². The Morgan fingerprint density at radius 2 is 2.20 bits per heavy atom. The van der Waals surface area contributed by atoms with Crippen molar-refractivity contribution < 1.29 is 14.6 Å². The molecule has 5 heteroatoms. The highest BCUT2D eigenvalue weighted by atomic mass is 16.5. The van der Waals surface area contributed by atoms with Crippen LogP contribution in [0, 0.1) is 0 Å². The van der Waals surface area contributed by atoms with Crippen LogP contribution in [-0.2, 0) is 11.4 Å². The van der Waals surface area contributed by atoms with Crippen LogP contribution in [0.3, 0.4) is 0 Å². The molecule has 1 saturated carbocycles. The van der Waals surface area contributed by atoms with Crippen molar-refractivity contribution in [3.8, 4) is 5.75 Å². The average Bonchev–Trinajstić information content (AvgIpc) is 2.49. The predicted octanol–water partition coefficient (Wildman–Crippen LogP) is 1.79. The molecule has 1 aliphatic rings. The van der Waals surface area contributed by atoms with Gasteiger partial charge in [0.2, 0.25) is 0 Å². The van der Waals surface area contributed by atoms with Crippen molar-refractivity contribution >= 4 is 5.91 Å². The molecular weight excluding hydrogens is 256 g/mol. The number of pyridine rings is 1. The Hall–Kier alpha value is -1.62. The topological polar surface area (TPSA) is 71.5 Å². The summed E-state index contributed by atoms with van der Waals surface area (Å²) >= 11 is 0. The SMILES string of the molecule is CC(Oc1ccc(CO)nc1)C(=O)NC1CCCCC1. The van der Waals surface area contributed by atoms with E-state index in [1.807, 2.05) is 0 Å². The van der Waals surface area contributed by atoms with E-state index in [1.165, 1.54) is 25.5 Å². The van der Waals surface area contributed by atoms with Crippen LogP contribution < -0.4 is 10.1 Å². The number of carbonyl (C=O) groups excluding carboxylic acids is 1. The second kappa shape index (κ2) is 7.24. The van der Waals surface area contributed by atoms with Crippen LogP contribution in [0.25, 0.3) is 0 Å². The molecule has 2 rings (SSSR count). The normalized spacial score (nSPS) is 17.5. The fraction of sp³-hybridized carbons (Fsp3) is 0.600. The fourth-order valence-corrected chi connectivity index (χ4v) is 2.40. The second-order valence-corrected chi connectivity index (χ2v) is 5.25. The first kappa shape index (κ1) is 14.8. The third-order valence-corrected chi connectivity index (χ3v) is 3.59. The second-order valence-electron chi connectivity index (χ2n) is 5.25. The molecule has 0 aliphatic heterocycles. The molecule has 1 atom stereocenters. The van der Waals surface area contributed by atoms with Crippen LogP contribution in [0.1, 0.15) is 44.7 Å². The van der Waals surface area contributed by atoms with Crippen molar-refractivity contribution in [2.75, 3.05) is 0 Å². The highest BCUT2D eigenvalue weighted by molar-refractivity contribution is 5.81. The van der Waals surface area contributed by atoms with Gasteiger partial charge >= 0.3 is 0 Å². The zero-order valence-corrected chi connectivity index (χ0v) is 11.8. The van der Waals surface area contributed by atoms with Gasteiger partial charge in [0.15, 0.2) is 6.10 Å². The maximum absolute atomic E-state index is 12.0. The van der Waals surface area contributed by atoms with Crippen molar-refractivity contribution in [1.82, 2.24) is 10.3 Å². The number of rotatable bonds is 5. The maximum Gasteiger partial charge on any atom is 0.260 e. The first-order valence-corrected chi connectivity index (χ1v) is 7.22. The number of ether oxygens (including phenoxy) is 1. The lowest BCUT2D eigenvalue weighted by Gasteiger charge is -2.24. The Bertz CT molecular complexity index is 427. The Balaban J connectivity index is 1.83. The number of carbonyl (C=O) groups is 1. The molecule has 20 heavy (non-hydrogen) atoms. The molecule has 1 amide bonds. The number of aromatic nitrogens is 1. The largest absolute Gasteiger partial charge is 0.479 e. The third-order valence-electron chi connectivity index (χ3n) is 3.59. The molecule has 1 unspecified atom stereocenters. The molecule has 110 valence electrons. The van der Waals surface area contributed by atoms with Crippen LogP contribution >= 0.6 is 0 Å². The summed E-state index contributed by atoms with van der Waals surface area (Å²) in [4.78, 5) is 16.1. The van der Waals surface area contributed by atoms with E-state index in [0.717, 1.165) is 12.8 Å². The van der Waals surface area contributed by atoms with E-state index in [4.69, 9.17) is 9.84 Å². The molecular formula is C15H22N2O3. The molecule has 0 spiro atoms. The summed E-state index contributed by atoms with van der Waals surface area (Å²) in [7, 11) is 0. The van der Waals surface area contributed by atoms with Crippen molar-refractivity contribution in [2.24, 2.45) is 0 Å². The van der Waals surface area contributed by atoms with Crippen LogP contribution in [0.5, 0.6) is 5.75 Å². The molecule has 0 aromatic carbocycles. The number of aliphatic hydroxyl groups excluding tert-OH is 1. The van der Waals surface area contributed by atoms with Gasteiger partial charge in [-0.05, 0) is 31.9 Å². The number of amides is 1. The Morgan fingerprint density at radius 3 is 2.80 bits per heavy atom. The summed E-state index contributed by atoms with van der Waals surface area (Å²) in [6.45, 7) is 1.64. The smallest absolute Gasteiger partial charge is 0.260 e. The van der Waals surface area contributed by atoms with Crippen LogP contribution in [-0.4, -0.2) is 28.1 Å². The van der Waals surface area contributed by atoms with Gasteiger partial charge in [-0.25, -0.2) is 0 Å². The van der Waals surface area contributed by atoms with Crippen LogP contribution in [0.2, 0.25) is 0 Å². The van der Waals surface area contributed by atoms with Gasteiger partial charge in [0.25, 0.3) is 5.91 Å². The Kier molecular flexibility index (Phi) is 5.35. The first-order valence-electron chi connectivity index (χ1n) is 7.22. The summed E-state index contributed by atoms with van der Waals surface area (Å²) in [6.07, 6.45) is 6.74. The summed E-state index contributed by atoms with van der Waals surface area (Å²) in [5.74, 6) is 0.455. The van der Waals surface area contributed by atoms with Crippen molar-refractivity contribution in [3.63, 3.8) is 0 Å². The lowest BCUT2D eigenvalue weighted by Crippen LogP contribution is -2.43. The zero-order chi connectivity index (χ0) is 14.4. The summed E-state index contributed by atoms with van der Waals surface area (Å²) in [5, 5.41) is 12.0. The van der Waals surface area contributed by atoms with E-state index in [2.05, 4.69) is 10.3 Å². The van der Waals surface area contributed by atoms with Gasteiger partial charge in [-0.1, -0.05) is 19.3 Å². The van der Waals surface area contributed by atoms with Gasteiger partial charge in [0.1, 0.15) is 5.75 Å². The molecule has 1 aromatic rings. The lowest BCUT2D eigenvalue weighted by atomic mass is 9.95. The molecule has 0 radical (unpaired) electrons. The monoisotopic (exact) mass is 278 g/mol. The maximum atomic E-state index is 12.0. The highest BCUT2D eigenvalue weighted by Crippen LogP contribution is 2.18. The number of nitrogens with zero attached hydrogens (tertiary/aromatic N) is 1. The molecule has 0 saturated heterocycles. The number of hydrogen-bond donors (Lipinski definition) is 2. The van der Waals surface area contributed by atoms with E-state index >= 15 is 0 Å². The van der Waals surface area contributed by atoms with Crippen LogP contribution in [0.15, 0.2) is 18.3 Å².